The lowest BCUT2D eigenvalue weighted by Crippen LogP contribution is -2.40. The first-order valence-corrected chi connectivity index (χ1v) is 8.34. The van der Waals surface area contributed by atoms with Crippen molar-refractivity contribution < 1.29 is 9.59 Å². The van der Waals surface area contributed by atoms with Crippen LogP contribution in [0.25, 0.3) is 0 Å². The van der Waals surface area contributed by atoms with Gasteiger partial charge in [-0.1, -0.05) is 0 Å². The molecule has 0 spiro atoms. The van der Waals surface area contributed by atoms with Crippen molar-refractivity contribution in [1.82, 2.24) is 4.90 Å². The minimum absolute atomic E-state index is 0.226. The number of rotatable bonds is 5. The summed E-state index contributed by atoms with van der Waals surface area (Å²) in [5.74, 6) is 1.65. The number of hydrogen-bond donors (Lipinski definition) is 2. The lowest BCUT2D eigenvalue weighted by molar-refractivity contribution is -0.134. The highest BCUT2D eigenvalue weighted by atomic mass is 16.2. The van der Waals surface area contributed by atoms with Gasteiger partial charge in [0.05, 0.1) is 0 Å². The molecule has 0 atom stereocenters. The molecule has 0 bridgehead atoms. The zero-order valence-electron chi connectivity index (χ0n) is 12.9. The lowest BCUT2D eigenvalue weighted by atomic mass is 9.80. The molecule has 0 aromatic carbocycles. The van der Waals surface area contributed by atoms with Gasteiger partial charge in [-0.2, -0.15) is 0 Å². The maximum absolute atomic E-state index is 12.4. The average molecular weight is 295 g/mol. The highest BCUT2D eigenvalue weighted by Crippen LogP contribution is 2.31. The van der Waals surface area contributed by atoms with Gasteiger partial charge in [-0.05, 0) is 62.8 Å². The van der Waals surface area contributed by atoms with Crippen LogP contribution in [-0.4, -0.2) is 36.3 Å². The van der Waals surface area contributed by atoms with Gasteiger partial charge in [0.15, 0.2) is 0 Å². The maximum atomic E-state index is 12.4. The third kappa shape index (κ3) is 4.99. The summed E-state index contributed by atoms with van der Waals surface area (Å²) in [7, 11) is 0. The Morgan fingerprint density at radius 3 is 1.90 bits per heavy atom. The van der Waals surface area contributed by atoms with Crippen LogP contribution in [0.5, 0.6) is 0 Å². The van der Waals surface area contributed by atoms with Gasteiger partial charge in [-0.15, -0.1) is 0 Å². The number of hydrogen-bond acceptors (Lipinski definition) is 3. The molecule has 0 unspecified atom stereocenters. The molecular formula is C16H29N3O2. The molecule has 2 rings (SSSR count). The van der Waals surface area contributed by atoms with Crippen LogP contribution in [0.2, 0.25) is 0 Å². The van der Waals surface area contributed by atoms with E-state index >= 15 is 0 Å². The minimum Gasteiger partial charge on any atom is -0.370 e. The molecule has 2 aliphatic rings. The monoisotopic (exact) mass is 295 g/mol. The molecule has 0 aromatic heterocycles. The summed E-state index contributed by atoms with van der Waals surface area (Å²) >= 11 is 0. The van der Waals surface area contributed by atoms with Gasteiger partial charge in [-0.25, -0.2) is 0 Å². The third-order valence-electron chi connectivity index (χ3n) is 5.22. The van der Waals surface area contributed by atoms with Gasteiger partial charge in [0.25, 0.3) is 0 Å². The quantitative estimate of drug-likeness (QED) is 0.800. The molecule has 4 N–H and O–H groups in total. The van der Waals surface area contributed by atoms with Gasteiger partial charge >= 0.3 is 0 Å². The van der Waals surface area contributed by atoms with E-state index < -0.39 is 0 Å². The fraction of sp³-hybridized carbons (Fsp3) is 0.875. The second kappa shape index (κ2) is 7.78. The van der Waals surface area contributed by atoms with Crippen LogP contribution in [0, 0.1) is 17.8 Å². The molecule has 1 saturated carbocycles. The molecule has 0 aromatic rings. The number of nitrogens with zero attached hydrogens (tertiary/aromatic N) is 1. The predicted molar refractivity (Wildman–Crippen MR) is 82.2 cm³/mol. The number of amides is 2. The highest BCUT2D eigenvalue weighted by molar-refractivity contribution is 5.76. The van der Waals surface area contributed by atoms with E-state index in [2.05, 4.69) is 0 Å². The van der Waals surface area contributed by atoms with Crippen LogP contribution in [0.15, 0.2) is 0 Å². The van der Waals surface area contributed by atoms with Crippen molar-refractivity contribution in [3.05, 3.63) is 0 Å². The van der Waals surface area contributed by atoms with Crippen LogP contribution in [0.4, 0.5) is 0 Å². The molecular weight excluding hydrogens is 266 g/mol. The first kappa shape index (κ1) is 16.3. The average Bonchev–Trinajstić information content (AvgIpc) is 2.48. The first-order chi connectivity index (χ1) is 10.1. The Balaban J connectivity index is 1.69. The third-order valence-corrected chi connectivity index (χ3v) is 5.22. The standard InChI is InChI=1S/C16H29N3O2/c17-11-14-3-1-12(2-4-14)10-16(21)19-7-5-13(6-8-19)9-15(18)20/h12-14H,1-11,17H2,(H2,18,20). The van der Waals surface area contributed by atoms with E-state index in [0.717, 1.165) is 45.3 Å². The topological polar surface area (TPSA) is 89.4 Å². The van der Waals surface area contributed by atoms with Gasteiger partial charge in [0, 0.05) is 25.9 Å². The molecule has 1 heterocycles. The van der Waals surface area contributed by atoms with E-state index in [-0.39, 0.29) is 5.91 Å². The fourth-order valence-electron chi connectivity index (χ4n) is 3.72. The van der Waals surface area contributed by atoms with E-state index in [9.17, 15) is 9.59 Å². The van der Waals surface area contributed by atoms with Gasteiger partial charge in [0.1, 0.15) is 0 Å². The van der Waals surface area contributed by atoms with Crippen molar-refractivity contribution in [1.29, 1.82) is 0 Å². The normalized spacial score (nSPS) is 27.6. The van der Waals surface area contributed by atoms with Crippen molar-refractivity contribution in [3.63, 3.8) is 0 Å². The highest BCUT2D eigenvalue weighted by Gasteiger charge is 2.27. The summed E-state index contributed by atoms with van der Waals surface area (Å²) in [6, 6.07) is 0. The van der Waals surface area contributed by atoms with Crippen LogP contribution in [0.3, 0.4) is 0 Å². The molecule has 1 aliphatic heterocycles. The Morgan fingerprint density at radius 2 is 1.38 bits per heavy atom. The predicted octanol–water partition coefficient (Wildman–Crippen LogP) is 1.26. The number of primary amides is 1. The van der Waals surface area contributed by atoms with E-state index in [4.69, 9.17) is 11.5 Å². The van der Waals surface area contributed by atoms with Crippen molar-refractivity contribution in [2.75, 3.05) is 19.6 Å². The molecule has 120 valence electrons. The first-order valence-electron chi connectivity index (χ1n) is 8.34. The summed E-state index contributed by atoms with van der Waals surface area (Å²) in [6.45, 7) is 2.36. The summed E-state index contributed by atoms with van der Waals surface area (Å²) in [4.78, 5) is 25.3. The van der Waals surface area contributed by atoms with E-state index in [1.807, 2.05) is 4.90 Å². The molecule has 21 heavy (non-hydrogen) atoms. The molecule has 0 radical (unpaired) electrons. The Bertz CT molecular complexity index is 357. The van der Waals surface area contributed by atoms with Gasteiger partial charge in [-0.3, -0.25) is 9.59 Å². The van der Waals surface area contributed by atoms with Crippen molar-refractivity contribution >= 4 is 11.8 Å². The zero-order valence-corrected chi connectivity index (χ0v) is 12.9. The maximum Gasteiger partial charge on any atom is 0.222 e. The van der Waals surface area contributed by atoms with Gasteiger partial charge in [0.2, 0.25) is 11.8 Å². The van der Waals surface area contributed by atoms with E-state index in [1.165, 1.54) is 12.8 Å². The minimum atomic E-state index is -0.226. The second-order valence-electron chi connectivity index (χ2n) is 6.82. The summed E-state index contributed by atoms with van der Waals surface area (Å²) in [5, 5.41) is 0. The molecule has 2 fully saturated rings. The number of nitrogens with two attached hydrogens (primary N) is 2. The smallest absolute Gasteiger partial charge is 0.222 e. The Hall–Kier alpha value is -1.10. The summed E-state index contributed by atoms with van der Waals surface area (Å²) < 4.78 is 0. The zero-order chi connectivity index (χ0) is 15.2. The van der Waals surface area contributed by atoms with Crippen molar-refractivity contribution in [2.24, 2.45) is 29.2 Å². The summed E-state index contributed by atoms with van der Waals surface area (Å²) in [6.07, 6.45) is 7.62. The lowest BCUT2D eigenvalue weighted by Gasteiger charge is -2.34. The largest absolute Gasteiger partial charge is 0.370 e. The Morgan fingerprint density at radius 1 is 0.857 bits per heavy atom. The SMILES string of the molecule is NCC1CCC(CC(=O)N2CCC(CC(N)=O)CC2)CC1. The molecule has 1 saturated heterocycles. The van der Waals surface area contributed by atoms with Gasteiger partial charge < -0.3 is 16.4 Å². The van der Waals surface area contributed by atoms with E-state index in [0.29, 0.717) is 36.5 Å². The second-order valence-corrected chi connectivity index (χ2v) is 6.82. The Kier molecular flexibility index (Phi) is 6.03. The summed E-state index contributed by atoms with van der Waals surface area (Å²) in [5.41, 5.74) is 10.9. The molecule has 5 heteroatoms. The van der Waals surface area contributed by atoms with E-state index in [1.54, 1.807) is 0 Å². The number of carbonyl (C=O) groups is 2. The molecule has 5 nitrogen and oxygen atoms in total. The molecule has 2 amide bonds. The number of carbonyl (C=O) groups excluding carboxylic acids is 2. The van der Waals surface area contributed by atoms with Crippen LogP contribution < -0.4 is 11.5 Å². The van der Waals surface area contributed by atoms with Crippen LogP contribution in [0.1, 0.15) is 51.4 Å². The van der Waals surface area contributed by atoms with Crippen LogP contribution >= 0.6 is 0 Å². The van der Waals surface area contributed by atoms with Crippen molar-refractivity contribution in [2.45, 2.75) is 51.4 Å². The molecule has 1 aliphatic carbocycles. The number of likely N-dealkylation sites (tertiary alicyclic amines) is 1. The van der Waals surface area contributed by atoms with Crippen LogP contribution in [-0.2, 0) is 9.59 Å². The fourth-order valence-corrected chi connectivity index (χ4v) is 3.72. The number of piperidine rings is 1. The Labute approximate surface area is 127 Å². The van der Waals surface area contributed by atoms with Crippen molar-refractivity contribution in [3.8, 4) is 0 Å².